The van der Waals surface area contributed by atoms with E-state index in [0.29, 0.717) is 17.9 Å². The highest BCUT2D eigenvalue weighted by Gasteiger charge is 2.09. The van der Waals surface area contributed by atoms with Gasteiger partial charge in [-0.25, -0.2) is 0 Å². The van der Waals surface area contributed by atoms with Gasteiger partial charge in [-0.3, -0.25) is 20.4 Å². The summed E-state index contributed by atoms with van der Waals surface area (Å²) in [7, 11) is 1.54. The van der Waals surface area contributed by atoms with Crippen molar-refractivity contribution in [1.29, 1.82) is 0 Å². The fourth-order valence-corrected chi connectivity index (χ4v) is 1.63. The molecule has 0 spiro atoms. The summed E-state index contributed by atoms with van der Waals surface area (Å²) in [5.41, 5.74) is 5.67. The fraction of sp³-hybridized carbons (Fsp3) is 0.467. The van der Waals surface area contributed by atoms with Crippen molar-refractivity contribution in [2.24, 2.45) is 5.92 Å². The zero-order valence-electron chi connectivity index (χ0n) is 12.9. The number of carbonyl (C=O) groups excluding carboxylic acids is 2. The lowest BCUT2D eigenvalue weighted by molar-refractivity contribution is -0.130. The number of ether oxygens (including phenoxy) is 2. The van der Waals surface area contributed by atoms with Crippen LogP contribution in [0.15, 0.2) is 18.2 Å². The average molecular weight is 294 g/mol. The third-order valence-electron chi connectivity index (χ3n) is 2.61. The molecule has 0 aromatic heterocycles. The third-order valence-corrected chi connectivity index (χ3v) is 2.61. The standard InChI is InChI=1S/C15H22N2O4/c1-10(2)7-14(18)16-17-15(19)9-21-12-6-5-11(3)8-13(12)20-4/h5-6,8,10H,7,9H2,1-4H3,(H,16,18)(H,17,19). The molecule has 0 saturated carbocycles. The van der Waals surface area contributed by atoms with E-state index in [-0.39, 0.29) is 18.4 Å². The largest absolute Gasteiger partial charge is 0.493 e. The van der Waals surface area contributed by atoms with Gasteiger partial charge in [-0.1, -0.05) is 19.9 Å². The number of amides is 2. The number of nitrogens with one attached hydrogen (secondary N) is 2. The highest BCUT2D eigenvalue weighted by molar-refractivity contribution is 5.82. The number of benzene rings is 1. The van der Waals surface area contributed by atoms with E-state index in [1.807, 2.05) is 32.9 Å². The Hall–Kier alpha value is -2.24. The van der Waals surface area contributed by atoms with E-state index in [9.17, 15) is 9.59 Å². The van der Waals surface area contributed by atoms with Crippen molar-refractivity contribution < 1.29 is 19.1 Å². The van der Waals surface area contributed by atoms with Crippen molar-refractivity contribution in [1.82, 2.24) is 10.9 Å². The van der Waals surface area contributed by atoms with E-state index in [4.69, 9.17) is 9.47 Å². The Bertz CT molecular complexity index is 500. The fourth-order valence-electron chi connectivity index (χ4n) is 1.63. The number of hydrogen-bond acceptors (Lipinski definition) is 4. The maximum atomic E-state index is 11.6. The average Bonchev–Trinajstić information content (AvgIpc) is 2.42. The number of hydrogen-bond donors (Lipinski definition) is 2. The highest BCUT2D eigenvalue weighted by atomic mass is 16.5. The first kappa shape index (κ1) is 16.8. The maximum Gasteiger partial charge on any atom is 0.276 e. The van der Waals surface area contributed by atoms with Gasteiger partial charge in [-0.15, -0.1) is 0 Å². The summed E-state index contributed by atoms with van der Waals surface area (Å²) in [4.78, 5) is 23.0. The molecule has 0 atom stereocenters. The summed E-state index contributed by atoms with van der Waals surface area (Å²) in [6, 6.07) is 5.41. The van der Waals surface area contributed by atoms with Crippen LogP contribution in [-0.2, 0) is 9.59 Å². The SMILES string of the molecule is COc1cc(C)ccc1OCC(=O)NNC(=O)CC(C)C. The molecule has 1 aromatic carbocycles. The van der Waals surface area contributed by atoms with Crippen LogP contribution in [-0.4, -0.2) is 25.5 Å². The van der Waals surface area contributed by atoms with Crippen LogP contribution >= 0.6 is 0 Å². The molecule has 0 aliphatic rings. The molecule has 0 radical (unpaired) electrons. The van der Waals surface area contributed by atoms with Gasteiger partial charge in [0.2, 0.25) is 5.91 Å². The maximum absolute atomic E-state index is 11.6. The Morgan fingerprint density at radius 2 is 1.81 bits per heavy atom. The van der Waals surface area contributed by atoms with Gasteiger partial charge in [0.05, 0.1) is 7.11 Å². The van der Waals surface area contributed by atoms with Gasteiger partial charge in [0.25, 0.3) is 5.91 Å². The molecule has 0 bridgehead atoms. The molecular weight excluding hydrogens is 272 g/mol. The third kappa shape index (κ3) is 6.16. The molecule has 2 amide bonds. The lowest BCUT2D eigenvalue weighted by Crippen LogP contribution is -2.44. The molecule has 6 nitrogen and oxygen atoms in total. The van der Waals surface area contributed by atoms with Gasteiger partial charge in [-0.2, -0.15) is 0 Å². The topological polar surface area (TPSA) is 76.7 Å². The van der Waals surface area contributed by atoms with Crippen LogP contribution in [0.25, 0.3) is 0 Å². The van der Waals surface area contributed by atoms with Crippen molar-refractivity contribution in [3.8, 4) is 11.5 Å². The zero-order chi connectivity index (χ0) is 15.8. The number of methoxy groups -OCH3 is 1. The van der Waals surface area contributed by atoms with Crippen molar-refractivity contribution in [3.05, 3.63) is 23.8 Å². The molecule has 2 N–H and O–H groups in total. The monoisotopic (exact) mass is 294 g/mol. The molecule has 0 unspecified atom stereocenters. The van der Waals surface area contributed by atoms with Gasteiger partial charge < -0.3 is 9.47 Å². The van der Waals surface area contributed by atoms with Gasteiger partial charge in [0.15, 0.2) is 18.1 Å². The first-order valence-electron chi connectivity index (χ1n) is 6.77. The number of aryl methyl sites for hydroxylation is 1. The van der Waals surface area contributed by atoms with Crippen molar-refractivity contribution in [2.45, 2.75) is 27.2 Å². The Labute approximate surface area is 124 Å². The van der Waals surface area contributed by atoms with Gasteiger partial charge in [-0.05, 0) is 30.5 Å². The number of rotatable bonds is 6. The smallest absolute Gasteiger partial charge is 0.276 e. The summed E-state index contributed by atoms with van der Waals surface area (Å²) in [6.45, 7) is 5.58. The second-order valence-corrected chi connectivity index (χ2v) is 5.14. The van der Waals surface area contributed by atoms with E-state index in [1.165, 1.54) is 7.11 Å². The highest BCUT2D eigenvalue weighted by Crippen LogP contribution is 2.27. The summed E-state index contributed by atoms with van der Waals surface area (Å²) in [6.07, 6.45) is 0.354. The Balaban J connectivity index is 2.41. The van der Waals surface area contributed by atoms with E-state index in [0.717, 1.165) is 5.56 Å². The van der Waals surface area contributed by atoms with Crippen LogP contribution in [0.3, 0.4) is 0 Å². The van der Waals surface area contributed by atoms with Crippen molar-refractivity contribution in [2.75, 3.05) is 13.7 Å². The van der Waals surface area contributed by atoms with E-state index < -0.39 is 5.91 Å². The molecule has 116 valence electrons. The van der Waals surface area contributed by atoms with Crippen LogP contribution < -0.4 is 20.3 Å². The van der Waals surface area contributed by atoms with E-state index >= 15 is 0 Å². The quantitative estimate of drug-likeness (QED) is 0.781. The van der Waals surface area contributed by atoms with Gasteiger partial charge in [0, 0.05) is 6.42 Å². The molecule has 0 aliphatic heterocycles. The normalized spacial score (nSPS) is 10.1. The minimum Gasteiger partial charge on any atom is -0.493 e. The predicted molar refractivity (Wildman–Crippen MR) is 79.0 cm³/mol. The summed E-state index contributed by atoms with van der Waals surface area (Å²) >= 11 is 0. The zero-order valence-corrected chi connectivity index (χ0v) is 12.9. The second-order valence-electron chi connectivity index (χ2n) is 5.14. The van der Waals surface area contributed by atoms with Crippen LogP contribution in [0.4, 0.5) is 0 Å². The number of carbonyl (C=O) groups is 2. The first-order chi connectivity index (χ1) is 9.92. The van der Waals surface area contributed by atoms with Crippen molar-refractivity contribution >= 4 is 11.8 Å². The summed E-state index contributed by atoms with van der Waals surface area (Å²) in [5, 5.41) is 0. The molecule has 0 heterocycles. The molecule has 0 saturated heterocycles. The van der Waals surface area contributed by atoms with Gasteiger partial charge in [0.1, 0.15) is 0 Å². The summed E-state index contributed by atoms with van der Waals surface area (Å²) < 4.78 is 10.5. The minimum absolute atomic E-state index is 0.207. The first-order valence-corrected chi connectivity index (χ1v) is 6.77. The molecule has 0 aliphatic carbocycles. The lowest BCUT2D eigenvalue weighted by Gasteiger charge is -2.12. The van der Waals surface area contributed by atoms with Crippen LogP contribution in [0.5, 0.6) is 11.5 Å². The molecule has 1 rings (SSSR count). The van der Waals surface area contributed by atoms with Crippen LogP contribution in [0, 0.1) is 12.8 Å². The summed E-state index contributed by atoms with van der Waals surface area (Å²) in [5.74, 6) is 0.606. The van der Waals surface area contributed by atoms with Crippen molar-refractivity contribution in [3.63, 3.8) is 0 Å². The molecule has 21 heavy (non-hydrogen) atoms. The minimum atomic E-state index is -0.435. The molecule has 1 aromatic rings. The Morgan fingerprint density at radius 3 is 2.43 bits per heavy atom. The van der Waals surface area contributed by atoms with Crippen LogP contribution in [0.1, 0.15) is 25.8 Å². The van der Waals surface area contributed by atoms with Crippen LogP contribution in [0.2, 0.25) is 0 Å². The van der Waals surface area contributed by atoms with E-state index in [2.05, 4.69) is 10.9 Å². The van der Waals surface area contributed by atoms with E-state index in [1.54, 1.807) is 6.07 Å². The molecule has 0 fully saturated rings. The number of hydrazine groups is 1. The lowest BCUT2D eigenvalue weighted by atomic mass is 10.1. The predicted octanol–water partition coefficient (Wildman–Crippen LogP) is 1.58. The Morgan fingerprint density at radius 1 is 1.14 bits per heavy atom. The molecular formula is C15H22N2O4. The molecule has 6 heteroatoms. The van der Waals surface area contributed by atoms with Gasteiger partial charge >= 0.3 is 0 Å². The second kappa shape index (κ2) is 8.14. The Kier molecular flexibility index (Phi) is 6.52.